The lowest BCUT2D eigenvalue weighted by Crippen LogP contribution is -1.95. The van der Waals surface area contributed by atoms with E-state index in [-0.39, 0.29) is 5.69 Å². The van der Waals surface area contributed by atoms with E-state index in [9.17, 15) is 4.79 Å². The van der Waals surface area contributed by atoms with Crippen LogP contribution in [0.15, 0.2) is 35.2 Å². The molecule has 1 aliphatic carbocycles. The summed E-state index contributed by atoms with van der Waals surface area (Å²) in [5, 5.41) is 16.1. The first-order chi connectivity index (χ1) is 8.72. The molecule has 0 radical (unpaired) electrons. The van der Waals surface area contributed by atoms with Gasteiger partial charge in [0.15, 0.2) is 0 Å². The molecule has 1 aromatic heterocycles. The molecule has 0 atom stereocenters. The maximum Gasteiger partial charge on any atom is 0.353 e. The van der Waals surface area contributed by atoms with Crippen molar-refractivity contribution in [1.29, 1.82) is 0 Å². The Bertz CT molecular complexity index is 573. The number of nitrogens with one attached hydrogen (secondary N) is 1. The number of carbonyl (C=O) groups is 1. The van der Waals surface area contributed by atoms with Crippen molar-refractivity contribution in [3.63, 3.8) is 0 Å². The second-order valence-electron chi connectivity index (χ2n) is 4.31. The third kappa shape index (κ3) is 2.41. The van der Waals surface area contributed by atoms with Gasteiger partial charge in [0.2, 0.25) is 0 Å². The standard InChI is InChI=1S/C13H12N2O2S/c16-13(17)12-7-11(14-15-12)8-1-3-9(4-2-8)18-10-5-6-10/h1-4,7,10H,5-6H2,(H,14,15)(H,16,17). The summed E-state index contributed by atoms with van der Waals surface area (Å²) in [5.74, 6) is -0.991. The van der Waals surface area contributed by atoms with E-state index >= 15 is 0 Å². The first kappa shape index (κ1) is 11.3. The number of carboxylic acids is 1. The van der Waals surface area contributed by atoms with Gasteiger partial charge in [0, 0.05) is 15.7 Å². The minimum atomic E-state index is -0.991. The van der Waals surface area contributed by atoms with Crippen LogP contribution in [0.25, 0.3) is 11.3 Å². The van der Waals surface area contributed by atoms with Gasteiger partial charge < -0.3 is 5.11 Å². The van der Waals surface area contributed by atoms with Crippen LogP contribution in [0.5, 0.6) is 0 Å². The molecule has 0 saturated heterocycles. The number of aromatic nitrogens is 2. The van der Waals surface area contributed by atoms with Crippen molar-refractivity contribution in [3.8, 4) is 11.3 Å². The molecule has 0 bridgehead atoms. The fourth-order valence-electron chi connectivity index (χ4n) is 1.66. The van der Waals surface area contributed by atoms with Crippen LogP contribution in [-0.2, 0) is 0 Å². The van der Waals surface area contributed by atoms with Crippen LogP contribution in [-0.4, -0.2) is 26.5 Å². The number of nitrogens with zero attached hydrogens (tertiary/aromatic N) is 1. The van der Waals surface area contributed by atoms with Crippen LogP contribution in [0.1, 0.15) is 23.3 Å². The number of hydrogen-bond acceptors (Lipinski definition) is 3. The topological polar surface area (TPSA) is 66.0 Å². The normalized spacial score (nSPS) is 14.7. The summed E-state index contributed by atoms with van der Waals surface area (Å²) in [5.41, 5.74) is 1.70. The summed E-state index contributed by atoms with van der Waals surface area (Å²) in [6, 6.07) is 9.63. The van der Waals surface area contributed by atoms with E-state index in [1.165, 1.54) is 17.7 Å². The molecule has 0 unspecified atom stereocenters. The van der Waals surface area contributed by atoms with Crippen LogP contribution < -0.4 is 0 Å². The van der Waals surface area contributed by atoms with Gasteiger partial charge in [-0.2, -0.15) is 5.10 Å². The zero-order valence-electron chi connectivity index (χ0n) is 9.59. The van der Waals surface area contributed by atoms with Crippen molar-refractivity contribution in [2.24, 2.45) is 0 Å². The molecule has 1 fully saturated rings. The third-order valence-corrected chi connectivity index (χ3v) is 4.13. The minimum absolute atomic E-state index is 0.112. The van der Waals surface area contributed by atoms with Gasteiger partial charge in [0.1, 0.15) is 5.69 Å². The number of thioether (sulfide) groups is 1. The quantitative estimate of drug-likeness (QED) is 0.886. The Hall–Kier alpha value is -1.75. The molecule has 2 aromatic rings. The second-order valence-corrected chi connectivity index (χ2v) is 5.69. The molecule has 1 heterocycles. The maximum atomic E-state index is 10.8. The van der Waals surface area contributed by atoms with E-state index in [2.05, 4.69) is 22.3 Å². The van der Waals surface area contributed by atoms with Crippen molar-refractivity contribution in [2.75, 3.05) is 0 Å². The summed E-state index contributed by atoms with van der Waals surface area (Å²) in [6.45, 7) is 0. The van der Waals surface area contributed by atoms with Gasteiger partial charge in [-0.3, -0.25) is 5.10 Å². The highest BCUT2D eigenvalue weighted by Gasteiger charge is 2.22. The second kappa shape index (κ2) is 4.49. The van der Waals surface area contributed by atoms with Crippen LogP contribution in [0.3, 0.4) is 0 Å². The van der Waals surface area contributed by atoms with Crippen LogP contribution >= 0.6 is 11.8 Å². The summed E-state index contributed by atoms with van der Waals surface area (Å²) in [6.07, 6.45) is 2.63. The number of aromatic amines is 1. The fraction of sp³-hybridized carbons (Fsp3) is 0.231. The molecule has 92 valence electrons. The zero-order chi connectivity index (χ0) is 12.5. The van der Waals surface area contributed by atoms with Crippen LogP contribution in [0, 0.1) is 0 Å². The predicted molar refractivity (Wildman–Crippen MR) is 69.9 cm³/mol. The van der Waals surface area contributed by atoms with Gasteiger partial charge in [0.05, 0.1) is 5.69 Å². The highest BCUT2D eigenvalue weighted by atomic mass is 32.2. The lowest BCUT2D eigenvalue weighted by atomic mass is 10.1. The fourth-order valence-corrected chi connectivity index (χ4v) is 2.71. The number of rotatable bonds is 4. The molecule has 1 aliphatic rings. The van der Waals surface area contributed by atoms with Gasteiger partial charge in [-0.1, -0.05) is 12.1 Å². The molecule has 3 rings (SSSR count). The molecule has 0 aliphatic heterocycles. The average molecular weight is 260 g/mol. The molecule has 5 heteroatoms. The lowest BCUT2D eigenvalue weighted by Gasteiger charge is -2.00. The van der Waals surface area contributed by atoms with E-state index in [1.807, 2.05) is 23.9 Å². The van der Waals surface area contributed by atoms with Gasteiger partial charge >= 0.3 is 5.97 Å². The molecular formula is C13H12N2O2S. The van der Waals surface area contributed by atoms with Gasteiger partial charge in [-0.15, -0.1) is 11.8 Å². The van der Waals surface area contributed by atoms with Gasteiger partial charge in [-0.05, 0) is 31.0 Å². The Morgan fingerprint density at radius 1 is 1.33 bits per heavy atom. The van der Waals surface area contributed by atoms with E-state index in [1.54, 1.807) is 6.07 Å². The number of benzene rings is 1. The molecule has 18 heavy (non-hydrogen) atoms. The SMILES string of the molecule is O=C(O)c1cc(-c2ccc(SC3CC3)cc2)n[nH]1. The highest BCUT2D eigenvalue weighted by Crippen LogP contribution is 2.39. The summed E-state index contributed by atoms with van der Waals surface area (Å²) in [7, 11) is 0. The average Bonchev–Trinajstić information content (AvgIpc) is 3.04. The molecule has 1 aromatic carbocycles. The zero-order valence-corrected chi connectivity index (χ0v) is 10.4. The molecule has 1 saturated carbocycles. The third-order valence-electron chi connectivity index (χ3n) is 2.79. The number of hydrogen-bond donors (Lipinski definition) is 2. The Labute approximate surface area is 108 Å². The first-order valence-electron chi connectivity index (χ1n) is 5.78. The van der Waals surface area contributed by atoms with Crippen LogP contribution in [0.2, 0.25) is 0 Å². The van der Waals surface area contributed by atoms with Crippen molar-refractivity contribution in [3.05, 3.63) is 36.0 Å². The van der Waals surface area contributed by atoms with Gasteiger partial charge in [-0.25, -0.2) is 4.79 Å². The first-order valence-corrected chi connectivity index (χ1v) is 6.66. The monoisotopic (exact) mass is 260 g/mol. The molecule has 2 N–H and O–H groups in total. The Morgan fingerprint density at radius 3 is 2.61 bits per heavy atom. The Morgan fingerprint density at radius 2 is 2.06 bits per heavy atom. The number of carboxylic acid groups (broad SMARTS) is 1. The Kier molecular flexibility index (Phi) is 2.83. The predicted octanol–water partition coefficient (Wildman–Crippen LogP) is 3.03. The smallest absolute Gasteiger partial charge is 0.353 e. The summed E-state index contributed by atoms with van der Waals surface area (Å²) >= 11 is 1.90. The largest absolute Gasteiger partial charge is 0.477 e. The van der Waals surface area contributed by atoms with Crippen molar-refractivity contribution >= 4 is 17.7 Å². The van der Waals surface area contributed by atoms with E-state index in [0.29, 0.717) is 5.69 Å². The molecule has 4 nitrogen and oxygen atoms in total. The number of aromatic carboxylic acids is 1. The summed E-state index contributed by atoms with van der Waals surface area (Å²) in [4.78, 5) is 12.0. The van der Waals surface area contributed by atoms with E-state index in [4.69, 9.17) is 5.11 Å². The molecule has 0 spiro atoms. The summed E-state index contributed by atoms with van der Waals surface area (Å²) < 4.78 is 0. The maximum absolute atomic E-state index is 10.8. The van der Waals surface area contributed by atoms with Gasteiger partial charge in [0.25, 0.3) is 0 Å². The highest BCUT2D eigenvalue weighted by molar-refractivity contribution is 8.00. The number of H-pyrrole nitrogens is 1. The van der Waals surface area contributed by atoms with E-state index < -0.39 is 5.97 Å². The lowest BCUT2D eigenvalue weighted by molar-refractivity contribution is 0.0690. The molecule has 0 amide bonds. The van der Waals surface area contributed by atoms with E-state index in [0.717, 1.165) is 10.8 Å². The minimum Gasteiger partial charge on any atom is -0.477 e. The Balaban J connectivity index is 1.79. The molecular weight excluding hydrogens is 248 g/mol. The van der Waals surface area contributed by atoms with Crippen LogP contribution in [0.4, 0.5) is 0 Å². The van der Waals surface area contributed by atoms with Crippen molar-refractivity contribution in [2.45, 2.75) is 23.0 Å². The van der Waals surface area contributed by atoms with Crippen molar-refractivity contribution in [1.82, 2.24) is 10.2 Å². The van der Waals surface area contributed by atoms with Crippen molar-refractivity contribution < 1.29 is 9.90 Å².